The Kier molecular flexibility index (Phi) is 6.69. The van der Waals surface area contributed by atoms with Gasteiger partial charge in [0.05, 0.1) is 11.3 Å². The summed E-state index contributed by atoms with van der Waals surface area (Å²) >= 11 is 0. The number of carbonyl (C=O) groups is 1. The first-order valence-corrected chi connectivity index (χ1v) is 11.0. The second kappa shape index (κ2) is 8.39. The van der Waals surface area contributed by atoms with Crippen molar-refractivity contribution >= 4 is 15.8 Å². The van der Waals surface area contributed by atoms with Gasteiger partial charge in [0.2, 0.25) is 0 Å². The molecule has 0 spiro atoms. The van der Waals surface area contributed by atoms with E-state index < -0.39 is 15.8 Å². The van der Waals surface area contributed by atoms with Gasteiger partial charge in [-0.2, -0.15) is 0 Å². The van der Waals surface area contributed by atoms with Crippen LogP contribution in [-0.2, 0) is 9.84 Å². The molecule has 26 heavy (non-hydrogen) atoms. The highest BCUT2D eigenvalue weighted by Crippen LogP contribution is 2.39. The van der Waals surface area contributed by atoms with Crippen LogP contribution >= 0.6 is 0 Å². The number of aromatic carboxylic acids is 1. The first-order chi connectivity index (χ1) is 12.1. The zero-order valence-electron chi connectivity index (χ0n) is 15.7. The van der Waals surface area contributed by atoms with Crippen molar-refractivity contribution in [3.8, 4) is 5.75 Å². The number of rotatable bonds is 9. The fourth-order valence-electron chi connectivity index (χ4n) is 3.21. The van der Waals surface area contributed by atoms with Gasteiger partial charge in [0.1, 0.15) is 21.2 Å². The second-order valence-corrected chi connectivity index (χ2v) is 9.90. The van der Waals surface area contributed by atoms with Crippen LogP contribution in [0, 0.1) is 0 Å². The van der Waals surface area contributed by atoms with Crippen molar-refractivity contribution in [1.82, 2.24) is 5.32 Å². The third-order valence-electron chi connectivity index (χ3n) is 4.68. The van der Waals surface area contributed by atoms with Crippen LogP contribution in [-0.4, -0.2) is 43.1 Å². The van der Waals surface area contributed by atoms with Gasteiger partial charge in [0, 0.05) is 23.8 Å². The summed E-state index contributed by atoms with van der Waals surface area (Å²) in [4.78, 5) is 11.2. The van der Waals surface area contributed by atoms with Crippen LogP contribution in [0.5, 0.6) is 5.75 Å². The molecular weight excluding hydrogens is 354 g/mol. The highest BCUT2D eigenvalue weighted by Gasteiger charge is 2.33. The number of unbranched alkanes of at least 4 members (excludes halogenated alkanes) is 2. The first kappa shape index (κ1) is 20.7. The van der Waals surface area contributed by atoms with Crippen molar-refractivity contribution in [1.29, 1.82) is 0 Å². The van der Waals surface area contributed by atoms with Gasteiger partial charge in [-0.3, -0.25) is 0 Å². The lowest BCUT2D eigenvalue weighted by atomic mass is 9.88. The SMILES string of the molecule is CCS(=O)(=O)CCCCCNC1CC(C)(C)Oc2ccc(C(=O)O)cc21. The van der Waals surface area contributed by atoms with Gasteiger partial charge in [-0.15, -0.1) is 0 Å². The first-order valence-electron chi connectivity index (χ1n) is 9.13. The molecule has 1 aromatic carbocycles. The number of carboxylic acids is 1. The Morgan fingerprint density at radius 3 is 2.69 bits per heavy atom. The lowest BCUT2D eigenvalue weighted by Gasteiger charge is -2.38. The van der Waals surface area contributed by atoms with E-state index in [0.717, 1.165) is 37.1 Å². The van der Waals surface area contributed by atoms with Crippen LogP contribution < -0.4 is 10.1 Å². The second-order valence-electron chi connectivity index (χ2n) is 7.43. The zero-order valence-corrected chi connectivity index (χ0v) is 16.6. The topological polar surface area (TPSA) is 92.7 Å². The molecule has 0 aliphatic carbocycles. The molecule has 2 N–H and O–H groups in total. The maximum atomic E-state index is 11.5. The predicted octanol–water partition coefficient (Wildman–Crippen LogP) is 3.18. The monoisotopic (exact) mass is 383 g/mol. The number of fused-ring (bicyclic) bond motifs is 1. The summed E-state index contributed by atoms with van der Waals surface area (Å²) in [6.45, 7) is 6.47. The summed E-state index contributed by atoms with van der Waals surface area (Å²) < 4.78 is 29.0. The molecule has 0 radical (unpaired) electrons. The van der Waals surface area contributed by atoms with Gasteiger partial charge in [-0.1, -0.05) is 13.3 Å². The molecule has 0 fully saturated rings. The normalized spacial score (nSPS) is 18.8. The number of nitrogens with one attached hydrogen (secondary N) is 1. The maximum absolute atomic E-state index is 11.5. The van der Waals surface area contributed by atoms with Crippen LogP contribution in [0.3, 0.4) is 0 Å². The average Bonchev–Trinajstić information content (AvgIpc) is 2.56. The van der Waals surface area contributed by atoms with Crippen molar-refractivity contribution in [3.63, 3.8) is 0 Å². The molecule has 1 unspecified atom stereocenters. The average molecular weight is 384 g/mol. The number of sulfone groups is 1. The lowest BCUT2D eigenvalue weighted by Crippen LogP contribution is -2.39. The molecular formula is C19H29NO5S. The molecule has 1 aliphatic rings. The van der Waals surface area contributed by atoms with Crippen molar-refractivity contribution in [2.24, 2.45) is 0 Å². The number of hydrogen-bond donors (Lipinski definition) is 2. The third-order valence-corrected chi connectivity index (χ3v) is 6.47. The van der Waals surface area contributed by atoms with Crippen molar-refractivity contribution in [2.45, 2.75) is 58.1 Å². The van der Waals surface area contributed by atoms with Gasteiger partial charge in [-0.05, 0) is 51.4 Å². The van der Waals surface area contributed by atoms with E-state index in [1.807, 2.05) is 13.8 Å². The summed E-state index contributed by atoms with van der Waals surface area (Å²) in [5.74, 6) is 0.218. The molecule has 1 aliphatic heterocycles. The molecule has 0 amide bonds. The largest absolute Gasteiger partial charge is 0.487 e. The minimum absolute atomic E-state index is 0.0208. The molecule has 1 aromatic rings. The molecule has 2 rings (SSSR count). The number of carboxylic acid groups (broad SMARTS) is 1. The van der Waals surface area contributed by atoms with Crippen LogP contribution in [0.25, 0.3) is 0 Å². The van der Waals surface area contributed by atoms with Crippen LogP contribution in [0.4, 0.5) is 0 Å². The molecule has 1 atom stereocenters. The number of ether oxygens (including phenoxy) is 1. The summed E-state index contributed by atoms with van der Waals surface area (Å²) in [5, 5.41) is 12.7. The molecule has 6 nitrogen and oxygen atoms in total. The standard InChI is InChI=1S/C19H29NO5S/c1-4-26(23,24)11-7-5-6-10-20-16-13-19(2,3)25-17-9-8-14(18(21)22)12-15(16)17/h8-9,12,16,20H,4-7,10-11,13H2,1-3H3,(H,21,22). The molecule has 146 valence electrons. The van der Waals surface area contributed by atoms with E-state index in [-0.39, 0.29) is 28.7 Å². The summed E-state index contributed by atoms with van der Waals surface area (Å²) in [6, 6.07) is 4.99. The Bertz CT molecular complexity index is 742. The Hall–Kier alpha value is -1.60. The van der Waals surface area contributed by atoms with Crippen LogP contribution in [0.1, 0.15) is 68.4 Å². The van der Waals surface area contributed by atoms with E-state index in [1.165, 1.54) is 0 Å². The minimum Gasteiger partial charge on any atom is -0.487 e. The van der Waals surface area contributed by atoms with Crippen LogP contribution in [0.15, 0.2) is 18.2 Å². The van der Waals surface area contributed by atoms with E-state index in [1.54, 1.807) is 25.1 Å². The summed E-state index contributed by atoms with van der Waals surface area (Å²) in [7, 11) is -2.89. The molecule has 0 bridgehead atoms. The molecule has 1 heterocycles. The van der Waals surface area contributed by atoms with Crippen LogP contribution in [0.2, 0.25) is 0 Å². The Morgan fingerprint density at radius 2 is 2.04 bits per heavy atom. The fourth-order valence-corrected chi connectivity index (χ4v) is 4.15. The lowest BCUT2D eigenvalue weighted by molar-refractivity contribution is 0.0653. The third kappa shape index (κ3) is 5.71. The van der Waals surface area contributed by atoms with Gasteiger partial charge in [0.15, 0.2) is 0 Å². The highest BCUT2D eigenvalue weighted by molar-refractivity contribution is 7.91. The van der Waals surface area contributed by atoms with E-state index in [0.29, 0.717) is 6.42 Å². The summed E-state index contributed by atoms with van der Waals surface area (Å²) in [5.41, 5.74) is 0.798. The Morgan fingerprint density at radius 1 is 1.31 bits per heavy atom. The smallest absolute Gasteiger partial charge is 0.335 e. The number of hydrogen-bond acceptors (Lipinski definition) is 5. The van der Waals surface area contributed by atoms with Crippen molar-refractivity contribution in [2.75, 3.05) is 18.1 Å². The maximum Gasteiger partial charge on any atom is 0.335 e. The van der Waals surface area contributed by atoms with Crippen molar-refractivity contribution < 1.29 is 23.1 Å². The Labute approximate surface area is 155 Å². The molecule has 7 heteroatoms. The van der Waals surface area contributed by atoms with E-state index in [2.05, 4.69) is 5.32 Å². The van der Waals surface area contributed by atoms with Gasteiger partial charge < -0.3 is 15.2 Å². The van der Waals surface area contributed by atoms with E-state index in [4.69, 9.17) is 4.74 Å². The minimum atomic E-state index is -2.89. The molecule has 0 saturated heterocycles. The van der Waals surface area contributed by atoms with Gasteiger partial charge >= 0.3 is 5.97 Å². The molecule has 0 saturated carbocycles. The van der Waals surface area contributed by atoms with E-state index in [9.17, 15) is 18.3 Å². The fraction of sp³-hybridized carbons (Fsp3) is 0.632. The number of benzene rings is 1. The zero-order chi connectivity index (χ0) is 19.4. The van der Waals surface area contributed by atoms with Crippen molar-refractivity contribution in [3.05, 3.63) is 29.3 Å². The molecule has 0 aromatic heterocycles. The Balaban J connectivity index is 1.94. The summed E-state index contributed by atoms with van der Waals surface area (Å²) in [6.07, 6.45) is 3.15. The van der Waals surface area contributed by atoms with Gasteiger partial charge in [0.25, 0.3) is 0 Å². The highest BCUT2D eigenvalue weighted by atomic mass is 32.2. The predicted molar refractivity (Wildman–Crippen MR) is 102 cm³/mol. The van der Waals surface area contributed by atoms with E-state index >= 15 is 0 Å². The quantitative estimate of drug-likeness (QED) is 0.636. The van der Waals surface area contributed by atoms with Gasteiger partial charge in [-0.25, -0.2) is 13.2 Å².